The number of carbonyl (C=O) groups is 1. The molecule has 0 aliphatic rings. The normalized spacial score (nSPS) is 11.4. The maximum absolute atomic E-state index is 13.3. The van der Waals surface area contributed by atoms with Crippen LogP contribution in [-0.2, 0) is 11.3 Å². The molecular formula is C20H13ClFN5O3S2. The number of halogens is 2. The van der Waals surface area contributed by atoms with Crippen LogP contribution in [0.15, 0.2) is 62.4 Å². The fourth-order valence-electron chi connectivity index (χ4n) is 3.20. The van der Waals surface area contributed by atoms with Gasteiger partial charge in [-0.3, -0.25) is 18.6 Å². The summed E-state index contributed by atoms with van der Waals surface area (Å²) in [5.74, 6) is 0.109. The molecule has 1 aromatic carbocycles. The number of anilines is 1. The molecule has 0 radical (unpaired) electrons. The number of rotatable bonds is 6. The molecule has 1 amide bonds. The number of furan rings is 1. The first-order valence-corrected chi connectivity index (χ1v) is 11.5. The largest absolute Gasteiger partial charge is 0.467 e. The number of amides is 1. The molecule has 0 unspecified atom stereocenters. The van der Waals surface area contributed by atoms with Gasteiger partial charge in [-0.2, -0.15) is 0 Å². The molecule has 0 atom stereocenters. The number of hydrogen-bond donors (Lipinski definition) is 1. The lowest BCUT2D eigenvalue weighted by Gasteiger charge is -2.08. The van der Waals surface area contributed by atoms with Crippen LogP contribution in [0, 0.1) is 5.82 Å². The van der Waals surface area contributed by atoms with E-state index in [0.717, 1.165) is 0 Å². The number of thiophene rings is 1. The van der Waals surface area contributed by atoms with Crippen LogP contribution in [0.2, 0.25) is 5.02 Å². The quantitative estimate of drug-likeness (QED) is 0.358. The number of thioether (sulfide) groups is 1. The summed E-state index contributed by atoms with van der Waals surface area (Å²) in [6.45, 7) is 0.206. The van der Waals surface area contributed by atoms with Crippen molar-refractivity contribution >= 4 is 62.3 Å². The molecule has 32 heavy (non-hydrogen) atoms. The molecule has 0 saturated carbocycles. The van der Waals surface area contributed by atoms with E-state index in [1.54, 1.807) is 22.8 Å². The van der Waals surface area contributed by atoms with Gasteiger partial charge in [0.25, 0.3) is 5.56 Å². The van der Waals surface area contributed by atoms with Crippen molar-refractivity contribution in [3.05, 3.63) is 75.0 Å². The molecule has 1 N–H and O–H groups in total. The zero-order chi connectivity index (χ0) is 22.2. The van der Waals surface area contributed by atoms with Crippen LogP contribution in [0.5, 0.6) is 0 Å². The number of nitrogens with one attached hydrogen (secondary N) is 1. The zero-order valence-electron chi connectivity index (χ0n) is 16.1. The van der Waals surface area contributed by atoms with Gasteiger partial charge in [-0.25, -0.2) is 4.39 Å². The van der Waals surface area contributed by atoms with Crippen molar-refractivity contribution in [2.24, 2.45) is 0 Å². The third kappa shape index (κ3) is 3.78. The molecule has 5 rings (SSSR count). The van der Waals surface area contributed by atoms with Crippen molar-refractivity contribution < 1.29 is 13.6 Å². The minimum Gasteiger partial charge on any atom is -0.467 e. The molecule has 0 aliphatic heterocycles. The molecule has 4 heterocycles. The molecule has 5 aromatic rings. The van der Waals surface area contributed by atoms with Crippen molar-refractivity contribution in [3.8, 4) is 0 Å². The van der Waals surface area contributed by atoms with Crippen molar-refractivity contribution in [1.82, 2.24) is 19.2 Å². The van der Waals surface area contributed by atoms with E-state index in [1.807, 2.05) is 11.4 Å². The first kappa shape index (κ1) is 20.7. The molecule has 0 spiro atoms. The first-order valence-electron chi connectivity index (χ1n) is 9.26. The second-order valence-corrected chi connectivity index (χ2v) is 8.96. The number of nitrogens with zero attached hydrogens (tertiary/aromatic N) is 4. The Morgan fingerprint density at radius 1 is 1.28 bits per heavy atom. The minimum absolute atomic E-state index is 0.0265. The second kappa shape index (κ2) is 8.41. The maximum atomic E-state index is 13.3. The van der Waals surface area contributed by atoms with Crippen LogP contribution in [0.25, 0.3) is 16.0 Å². The standard InChI is InChI=1S/C20H13ClFN5O3S2/c21-13-8-11(3-4-14(13)22)23-16(28)10-32-20-25-24-19-26(9-12-2-1-6-30-12)18(29)17-15(27(19)20)5-7-31-17/h1-8H,9-10H2,(H,23,28). The Morgan fingerprint density at radius 3 is 2.94 bits per heavy atom. The molecular weight excluding hydrogens is 477 g/mol. The Hall–Kier alpha value is -3.15. The van der Waals surface area contributed by atoms with Gasteiger partial charge in [-0.15, -0.1) is 21.5 Å². The van der Waals surface area contributed by atoms with Gasteiger partial charge in [0.2, 0.25) is 11.7 Å². The van der Waals surface area contributed by atoms with Crippen molar-refractivity contribution in [2.75, 3.05) is 11.1 Å². The van der Waals surface area contributed by atoms with Crippen molar-refractivity contribution in [1.29, 1.82) is 0 Å². The van der Waals surface area contributed by atoms with Gasteiger partial charge in [0.1, 0.15) is 16.3 Å². The van der Waals surface area contributed by atoms with Crippen LogP contribution in [-0.4, -0.2) is 30.8 Å². The molecule has 0 fully saturated rings. The third-order valence-electron chi connectivity index (χ3n) is 4.61. The van der Waals surface area contributed by atoms with Gasteiger partial charge >= 0.3 is 0 Å². The zero-order valence-corrected chi connectivity index (χ0v) is 18.5. The van der Waals surface area contributed by atoms with Gasteiger partial charge in [0.15, 0.2) is 5.16 Å². The number of hydrogen-bond acceptors (Lipinski definition) is 7. The Kier molecular flexibility index (Phi) is 5.45. The molecule has 0 bridgehead atoms. The minimum atomic E-state index is -0.561. The molecule has 12 heteroatoms. The lowest BCUT2D eigenvalue weighted by Crippen LogP contribution is -2.23. The summed E-state index contributed by atoms with van der Waals surface area (Å²) in [5.41, 5.74) is 0.873. The predicted molar refractivity (Wildman–Crippen MR) is 121 cm³/mol. The van der Waals surface area contributed by atoms with Crippen LogP contribution in [0.3, 0.4) is 0 Å². The van der Waals surface area contributed by atoms with E-state index >= 15 is 0 Å². The summed E-state index contributed by atoms with van der Waals surface area (Å²) in [5, 5.41) is 13.3. The fraction of sp³-hybridized carbons (Fsp3) is 0.100. The topological polar surface area (TPSA) is 94.4 Å². The van der Waals surface area contributed by atoms with Crippen LogP contribution in [0.1, 0.15) is 5.76 Å². The summed E-state index contributed by atoms with van der Waals surface area (Å²) in [7, 11) is 0. The second-order valence-electron chi connectivity index (χ2n) is 6.69. The Balaban J connectivity index is 1.44. The highest BCUT2D eigenvalue weighted by molar-refractivity contribution is 7.99. The highest BCUT2D eigenvalue weighted by Gasteiger charge is 2.19. The summed E-state index contributed by atoms with van der Waals surface area (Å²) in [6.07, 6.45) is 1.54. The van der Waals surface area contributed by atoms with E-state index in [-0.39, 0.29) is 28.8 Å². The Morgan fingerprint density at radius 2 is 2.16 bits per heavy atom. The van der Waals surface area contributed by atoms with E-state index in [1.165, 1.54) is 45.9 Å². The number of benzene rings is 1. The molecule has 8 nitrogen and oxygen atoms in total. The van der Waals surface area contributed by atoms with Crippen LogP contribution < -0.4 is 10.9 Å². The number of fused-ring (bicyclic) bond motifs is 3. The molecule has 0 saturated heterocycles. The van der Waals surface area contributed by atoms with Crippen molar-refractivity contribution in [3.63, 3.8) is 0 Å². The maximum Gasteiger partial charge on any atom is 0.273 e. The third-order valence-corrected chi connectivity index (χ3v) is 6.72. The molecule has 4 aromatic heterocycles. The monoisotopic (exact) mass is 489 g/mol. The van der Waals surface area contributed by atoms with Gasteiger partial charge in [-0.05, 0) is 41.8 Å². The summed E-state index contributed by atoms with van der Waals surface area (Å²) < 4.78 is 22.5. The fourth-order valence-corrected chi connectivity index (χ4v) is 4.94. The Labute approximate surface area is 192 Å². The highest BCUT2D eigenvalue weighted by atomic mass is 35.5. The van der Waals surface area contributed by atoms with E-state index < -0.39 is 5.82 Å². The van der Waals surface area contributed by atoms with Gasteiger partial charge in [-0.1, -0.05) is 23.4 Å². The Bertz CT molecular complexity index is 1510. The summed E-state index contributed by atoms with van der Waals surface area (Å²) >= 11 is 8.25. The van der Waals surface area contributed by atoms with E-state index in [4.69, 9.17) is 16.0 Å². The summed E-state index contributed by atoms with van der Waals surface area (Å²) in [6, 6.07) is 9.30. The SMILES string of the molecule is O=C(CSc1nnc2n(Cc3ccco3)c(=O)c3sccc3n12)Nc1ccc(F)c(Cl)c1. The average molecular weight is 490 g/mol. The highest BCUT2D eigenvalue weighted by Crippen LogP contribution is 2.25. The number of carbonyl (C=O) groups excluding carboxylic acids is 1. The lowest BCUT2D eigenvalue weighted by molar-refractivity contribution is -0.113. The lowest BCUT2D eigenvalue weighted by atomic mass is 10.3. The van der Waals surface area contributed by atoms with Crippen LogP contribution >= 0.6 is 34.7 Å². The van der Waals surface area contributed by atoms with E-state index in [2.05, 4.69) is 15.5 Å². The summed E-state index contributed by atoms with van der Waals surface area (Å²) in [4.78, 5) is 25.4. The predicted octanol–water partition coefficient (Wildman–Crippen LogP) is 4.27. The van der Waals surface area contributed by atoms with Gasteiger partial charge in [0, 0.05) is 5.69 Å². The van der Waals surface area contributed by atoms with Gasteiger partial charge in [0.05, 0.1) is 29.1 Å². The van der Waals surface area contributed by atoms with E-state index in [0.29, 0.717) is 32.6 Å². The van der Waals surface area contributed by atoms with Gasteiger partial charge < -0.3 is 9.73 Å². The molecule has 0 aliphatic carbocycles. The number of aromatic nitrogens is 4. The smallest absolute Gasteiger partial charge is 0.273 e. The average Bonchev–Trinajstić information content (AvgIpc) is 3.52. The first-order chi connectivity index (χ1) is 15.5. The van der Waals surface area contributed by atoms with Crippen molar-refractivity contribution in [2.45, 2.75) is 11.7 Å². The molecule has 162 valence electrons. The van der Waals surface area contributed by atoms with Crippen LogP contribution in [0.4, 0.5) is 10.1 Å². The van der Waals surface area contributed by atoms with E-state index in [9.17, 15) is 14.0 Å².